The van der Waals surface area contributed by atoms with Crippen molar-refractivity contribution in [3.8, 4) is 0 Å². The first-order chi connectivity index (χ1) is 11.5. The Bertz CT molecular complexity index is 325. The molecule has 0 spiro atoms. The van der Waals surface area contributed by atoms with Gasteiger partial charge in [-0.25, -0.2) is 4.79 Å². The normalized spacial score (nSPS) is 13.0. The second-order valence-corrected chi connectivity index (χ2v) is 7.56. The van der Waals surface area contributed by atoms with Crippen molar-refractivity contribution >= 4 is 16.2 Å². The maximum atomic E-state index is 11.6. The van der Waals surface area contributed by atoms with E-state index in [1.54, 1.807) is 0 Å². The lowest BCUT2D eigenvalue weighted by Gasteiger charge is -2.33. The summed E-state index contributed by atoms with van der Waals surface area (Å²) in [7, 11) is 0.670. The molecule has 0 aromatic heterocycles. The molecule has 0 aromatic rings. The van der Waals surface area contributed by atoms with E-state index in [0.29, 0.717) is 36.5 Å². The van der Waals surface area contributed by atoms with Gasteiger partial charge in [0.25, 0.3) is 0 Å². The van der Waals surface area contributed by atoms with E-state index in [2.05, 4.69) is 27.4 Å². The van der Waals surface area contributed by atoms with Gasteiger partial charge in [-0.05, 0) is 19.3 Å². The van der Waals surface area contributed by atoms with Crippen molar-refractivity contribution in [1.29, 1.82) is 0 Å². The molecule has 0 amide bonds. The fourth-order valence-corrected chi connectivity index (χ4v) is 2.74. The zero-order valence-electron chi connectivity index (χ0n) is 16.0. The maximum absolute atomic E-state index is 11.6. The van der Waals surface area contributed by atoms with Crippen LogP contribution in [0.4, 0.5) is 0 Å². The third-order valence-electron chi connectivity index (χ3n) is 3.56. The average Bonchev–Trinajstić information content (AvgIpc) is 2.55. The SMILES string of the molecule is C=CC(=O)OC(CC([SiH3])(OCCCC)OCCCC)OCCCC. The highest BCUT2D eigenvalue weighted by molar-refractivity contribution is 6.13. The predicted molar refractivity (Wildman–Crippen MR) is 99.9 cm³/mol. The van der Waals surface area contributed by atoms with E-state index in [0.717, 1.165) is 44.6 Å². The van der Waals surface area contributed by atoms with Gasteiger partial charge in [0.2, 0.25) is 6.29 Å². The summed E-state index contributed by atoms with van der Waals surface area (Å²) in [5.74, 6) is -0.484. The summed E-state index contributed by atoms with van der Waals surface area (Å²) >= 11 is 0. The van der Waals surface area contributed by atoms with Crippen LogP contribution in [0.5, 0.6) is 0 Å². The maximum Gasteiger partial charge on any atom is 0.332 e. The summed E-state index contributed by atoms with van der Waals surface area (Å²) in [6, 6.07) is 0. The fraction of sp³-hybridized carbons (Fsp3) is 0.833. The van der Waals surface area contributed by atoms with Gasteiger partial charge in [-0.3, -0.25) is 0 Å². The molecule has 1 atom stereocenters. The van der Waals surface area contributed by atoms with Crippen molar-refractivity contribution in [3.05, 3.63) is 12.7 Å². The van der Waals surface area contributed by atoms with Crippen LogP contribution < -0.4 is 0 Å². The molecular weight excluding hydrogens is 324 g/mol. The second kappa shape index (κ2) is 14.6. The third kappa shape index (κ3) is 11.8. The number of rotatable bonds is 16. The lowest BCUT2D eigenvalue weighted by molar-refractivity contribution is -0.232. The van der Waals surface area contributed by atoms with Crippen molar-refractivity contribution in [2.24, 2.45) is 0 Å². The minimum absolute atomic E-state index is 0.399. The van der Waals surface area contributed by atoms with Gasteiger partial charge in [0, 0.05) is 19.3 Å². The largest absolute Gasteiger partial charge is 0.432 e. The molecule has 0 aliphatic rings. The van der Waals surface area contributed by atoms with Crippen LogP contribution in [0.3, 0.4) is 0 Å². The van der Waals surface area contributed by atoms with E-state index in [4.69, 9.17) is 18.9 Å². The van der Waals surface area contributed by atoms with Gasteiger partial charge >= 0.3 is 5.97 Å². The molecule has 0 radical (unpaired) electrons. The van der Waals surface area contributed by atoms with E-state index < -0.39 is 17.7 Å². The van der Waals surface area contributed by atoms with Crippen LogP contribution >= 0.6 is 0 Å². The van der Waals surface area contributed by atoms with Crippen LogP contribution in [0.25, 0.3) is 0 Å². The van der Waals surface area contributed by atoms with Gasteiger partial charge in [-0.1, -0.05) is 46.6 Å². The van der Waals surface area contributed by atoms with Gasteiger partial charge in [0.15, 0.2) is 0 Å². The van der Waals surface area contributed by atoms with E-state index in [-0.39, 0.29) is 0 Å². The van der Waals surface area contributed by atoms with Gasteiger partial charge in [0.05, 0.1) is 23.3 Å². The molecule has 0 heterocycles. The molecule has 0 saturated heterocycles. The van der Waals surface area contributed by atoms with Crippen LogP contribution in [-0.2, 0) is 23.7 Å². The molecule has 0 aliphatic carbocycles. The Hall–Kier alpha value is -0.693. The predicted octanol–water partition coefficient (Wildman–Crippen LogP) is 2.90. The Morgan fingerprint density at radius 1 is 1.04 bits per heavy atom. The van der Waals surface area contributed by atoms with E-state index in [9.17, 15) is 4.79 Å². The molecule has 6 heteroatoms. The van der Waals surface area contributed by atoms with Crippen molar-refractivity contribution in [2.45, 2.75) is 77.4 Å². The third-order valence-corrected chi connectivity index (χ3v) is 4.55. The fourth-order valence-electron chi connectivity index (χ4n) is 2.00. The van der Waals surface area contributed by atoms with Crippen molar-refractivity contribution in [2.75, 3.05) is 19.8 Å². The molecule has 1 unspecified atom stereocenters. The van der Waals surface area contributed by atoms with Gasteiger partial charge in [-0.2, -0.15) is 0 Å². The molecule has 0 bridgehead atoms. The zero-order valence-corrected chi connectivity index (χ0v) is 18.0. The summed E-state index contributed by atoms with van der Waals surface area (Å²) in [4.78, 5) is 11.6. The van der Waals surface area contributed by atoms with Gasteiger partial charge < -0.3 is 18.9 Å². The number of unbranched alkanes of at least 4 members (excludes halogenated alkanes) is 3. The zero-order chi connectivity index (χ0) is 18.3. The highest BCUT2D eigenvalue weighted by Crippen LogP contribution is 2.21. The molecule has 0 fully saturated rings. The lowest BCUT2D eigenvalue weighted by Crippen LogP contribution is -2.42. The molecule has 0 aliphatic heterocycles. The Kier molecular flexibility index (Phi) is 14.2. The number of hydrogen-bond donors (Lipinski definition) is 0. The van der Waals surface area contributed by atoms with E-state index in [1.807, 2.05) is 0 Å². The quantitative estimate of drug-likeness (QED) is 0.139. The van der Waals surface area contributed by atoms with Crippen LogP contribution in [-0.4, -0.2) is 47.7 Å². The lowest BCUT2D eigenvalue weighted by atomic mass is 10.3. The number of carbonyl (C=O) groups excluding carboxylic acids is 1. The summed E-state index contributed by atoms with van der Waals surface area (Å²) in [6.07, 6.45) is 6.92. The highest BCUT2D eigenvalue weighted by atomic mass is 28.1. The first kappa shape index (κ1) is 23.3. The molecular formula is C18H36O5Si. The van der Waals surface area contributed by atoms with E-state index in [1.165, 1.54) is 0 Å². The summed E-state index contributed by atoms with van der Waals surface area (Å²) in [5.41, 5.74) is -0.692. The topological polar surface area (TPSA) is 54.0 Å². The van der Waals surface area contributed by atoms with Crippen molar-refractivity contribution < 1.29 is 23.7 Å². The summed E-state index contributed by atoms with van der Waals surface area (Å²) in [5, 5.41) is 0. The first-order valence-electron chi connectivity index (χ1n) is 9.23. The molecule has 0 rings (SSSR count). The Morgan fingerprint density at radius 2 is 1.54 bits per heavy atom. The standard InChI is InChI=1S/C18H36O5Si/c1-5-9-12-20-17(23-16(19)8-4)15-18(24,21-13-10-6-2)22-14-11-7-3/h8,17H,4-7,9-15H2,1-3,24H3. The minimum Gasteiger partial charge on any atom is -0.432 e. The van der Waals surface area contributed by atoms with E-state index >= 15 is 0 Å². The summed E-state index contributed by atoms with van der Waals surface area (Å²) < 4.78 is 23.1. The molecule has 24 heavy (non-hydrogen) atoms. The van der Waals surface area contributed by atoms with Gasteiger partial charge in [-0.15, -0.1) is 0 Å². The molecule has 0 aromatic carbocycles. The Morgan fingerprint density at radius 3 is 2.00 bits per heavy atom. The first-order valence-corrected chi connectivity index (χ1v) is 10.2. The molecule has 0 saturated carbocycles. The molecule has 5 nitrogen and oxygen atoms in total. The second-order valence-electron chi connectivity index (χ2n) is 6.04. The van der Waals surface area contributed by atoms with Crippen molar-refractivity contribution in [1.82, 2.24) is 0 Å². The van der Waals surface area contributed by atoms with Gasteiger partial charge in [0.1, 0.15) is 5.41 Å². The molecule has 142 valence electrons. The van der Waals surface area contributed by atoms with Crippen LogP contribution in [0, 0.1) is 0 Å². The average molecular weight is 361 g/mol. The molecule has 0 N–H and O–H groups in total. The minimum atomic E-state index is -0.692. The Balaban J connectivity index is 4.79. The summed E-state index contributed by atoms with van der Waals surface area (Å²) in [6.45, 7) is 11.6. The van der Waals surface area contributed by atoms with Crippen LogP contribution in [0.2, 0.25) is 0 Å². The van der Waals surface area contributed by atoms with Crippen molar-refractivity contribution in [3.63, 3.8) is 0 Å². The monoisotopic (exact) mass is 360 g/mol. The number of esters is 1. The number of carbonyl (C=O) groups is 1. The highest BCUT2D eigenvalue weighted by Gasteiger charge is 2.32. The van der Waals surface area contributed by atoms with Crippen LogP contribution in [0.1, 0.15) is 65.7 Å². The Labute approximate surface area is 150 Å². The number of hydrogen-bond acceptors (Lipinski definition) is 5. The number of ether oxygens (including phenoxy) is 4. The van der Waals surface area contributed by atoms with Crippen LogP contribution in [0.15, 0.2) is 12.7 Å². The smallest absolute Gasteiger partial charge is 0.332 e.